The summed E-state index contributed by atoms with van der Waals surface area (Å²) in [7, 11) is 0. The first-order valence-corrected chi connectivity index (χ1v) is 13.2. The Balaban J connectivity index is 0.000000230. The summed E-state index contributed by atoms with van der Waals surface area (Å²) in [6.45, 7) is 0. The SMILES string of the molecule is O=C(CC(Cc1ccccc1)C(=O)O)c1ccc(F)cc1.O=C(CC(Cc1ccccc1)C(=O)O)c1ccc(F)cc1. The van der Waals surface area contributed by atoms with Crippen molar-refractivity contribution in [3.8, 4) is 0 Å². The molecule has 2 unspecified atom stereocenters. The molecule has 42 heavy (non-hydrogen) atoms. The predicted molar refractivity (Wildman–Crippen MR) is 153 cm³/mol. The van der Waals surface area contributed by atoms with Gasteiger partial charge in [0.2, 0.25) is 0 Å². The Morgan fingerprint density at radius 2 is 0.810 bits per heavy atom. The van der Waals surface area contributed by atoms with Crippen molar-refractivity contribution in [2.45, 2.75) is 25.7 Å². The van der Waals surface area contributed by atoms with Gasteiger partial charge in [-0.3, -0.25) is 19.2 Å². The lowest BCUT2D eigenvalue weighted by molar-refractivity contribution is -0.142. The summed E-state index contributed by atoms with van der Waals surface area (Å²) in [5.74, 6) is -5.02. The molecule has 6 nitrogen and oxygen atoms in total. The average molecular weight is 573 g/mol. The maximum absolute atomic E-state index is 12.8. The smallest absolute Gasteiger partial charge is 0.307 e. The quantitative estimate of drug-likeness (QED) is 0.183. The molecule has 0 radical (unpaired) electrons. The molecule has 2 N–H and O–H groups in total. The van der Waals surface area contributed by atoms with Crippen LogP contribution in [0, 0.1) is 23.5 Å². The lowest BCUT2D eigenvalue weighted by Gasteiger charge is -2.11. The van der Waals surface area contributed by atoms with Crippen LogP contribution in [0.5, 0.6) is 0 Å². The Bertz CT molecular complexity index is 1360. The van der Waals surface area contributed by atoms with Crippen LogP contribution in [-0.2, 0) is 22.4 Å². The van der Waals surface area contributed by atoms with E-state index < -0.39 is 35.4 Å². The minimum Gasteiger partial charge on any atom is -0.481 e. The normalized spacial score (nSPS) is 11.9. The van der Waals surface area contributed by atoms with E-state index in [4.69, 9.17) is 0 Å². The van der Waals surface area contributed by atoms with Crippen LogP contribution in [-0.4, -0.2) is 33.7 Å². The van der Waals surface area contributed by atoms with Crippen LogP contribution in [0.3, 0.4) is 0 Å². The second kappa shape index (κ2) is 15.7. The van der Waals surface area contributed by atoms with Gasteiger partial charge in [-0.05, 0) is 72.5 Å². The number of Topliss-reactive ketones (excluding diaryl/α,β-unsaturated/α-hetero) is 2. The fourth-order valence-electron chi connectivity index (χ4n) is 4.25. The number of hydrogen-bond acceptors (Lipinski definition) is 4. The molecule has 4 aromatic carbocycles. The lowest BCUT2D eigenvalue weighted by Crippen LogP contribution is -2.20. The number of hydrogen-bond donors (Lipinski definition) is 2. The summed E-state index contributed by atoms with van der Waals surface area (Å²) in [6.07, 6.45) is 0.387. The monoisotopic (exact) mass is 572 g/mol. The fraction of sp³-hybridized carbons (Fsp3) is 0.176. The van der Waals surface area contributed by atoms with E-state index >= 15 is 0 Å². The van der Waals surface area contributed by atoms with Crippen LogP contribution in [0.15, 0.2) is 109 Å². The van der Waals surface area contributed by atoms with Gasteiger partial charge in [0.25, 0.3) is 0 Å². The van der Waals surface area contributed by atoms with E-state index in [1.54, 1.807) is 0 Å². The molecule has 0 saturated carbocycles. The van der Waals surface area contributed by atoms with E-state index in [1.165, 1.54) is 48.5 Å². The molecule has 0 saturated heterocycles. The molecule has 0 fully saturated rings. The number of carbonyl (C=O) groups excluding carboxylic acids is 2. The van der Waals surface area contributed by atoms with Crippen molar-refractivity contribution in [3.05, 3.63) is 143 Å². The minimum atomic E-state index is -1.01. The summed E-state index contributed by atoms with van der Waals surface area (Å²) in [5.41, 5.74) is 2.40. The Hall–Kier alpha value is -4.98. The molecule has 0 bridgehead atoms. The number of carboxylic acid groups (broad SMARTS) is 2. The fourth-order valence-corrected chi connectivity index (χ4v) is 4.25. The first kappa shape index (κ1) is 31.5. The molecule has 216 valence electrons. The van der Waals surface area contributed by atoms with Crippen molar-refractivity contribution in [2.75, 3.05) is 0 Å². The molecule has 0 aromatic heterocycles. The molecular weight excluding hydrogens is 542 g/mol. The van der Waals surface area contributed by atoms with Crippen molar-refractivity contribution in [2.24, 2.45) is 11.8 Å². The Morgan fingerprint density at radius 3 is 1.10 bits per heavy atom. The molecular formula is C34H30F2O6. The van der Waals surface area contributed by atoms with Gasteiger partial charge in [0, 0.05) is 24.0 Å². The summed E-state index contributed by atoms with van der Waals surface area (Å²) in [5, 5.41) is 18.5. The standard InChI is InChI=1S/2C17H15FO3/c2*18-15-8-6-13(7-9-15)16(19)11-14(17(20)21)10-12-4-2-1-3-5-12/h2*1-9,14H,10-11H2,(H,20,21). The second-order valence-electron chi connectivity index (χ2n) is 9.72. The van der Waals surface area contributed by atoms with Gasteiger partial charge in [-0.15, -0.1) is 0 Å². The second-order valence-corrected chi connectivity index (χ2v) is 9.72. The van der Waals surface area contributed by atoms with Crippen LogP contribution in [0.4, 0.5) is 8.78 Å². The maximum atomic E-state index is 12.8. The minimum absolute atomic E-state index is 0.101. The highest BCUT2D eigenvalue weighted by Gasteiger charge is 2.23. The van der Waals surface area contributed by atoms with Crippen molar-refractivity contribution >= 4 is 23.5 Å². The molecule has 0 heterocycles. The topological polar surface area (TPSA) is 109 Å². The molecule has 4 rings (SSSR count). The Kier molecular flexibility index (Phi) is 11.8. The van der Waals surface area contributed by atoms with Gasteiger partial charge >= 0.3 is 11.9 Å². The van der Waals surface area contributed by atoms with E-state index in [0.717, 1.165) is 11.1 Å². The van der Waals surface area contributed by atoms with Gasteiger partial charge in [-0.25, -0.2) is 8.78 Å². The highest BCUT2D eigenvalue weighted by atomic mass is 19.1. The van der Waals surface area contributed by atoms with Crippen molar-refractivity contribution in [1.82, 2.24) is 0 Å². The highest BCUT2D eigenvalue weighted by Crippen LogP contribution is 2.18. The number of aliphatic carboxylic acids is 2. The first-order valence-electron chi connectivity index (χ1n) is 13.2. The van der Waals surface area contributed by atoms with Crippen LogP contribution in [0.2, 0.25) is 0 Å². The first-order chi connectivity index (χ1) is 20.1. The van der Waals surface area contributed by atoms with Crippen LogP contribution in [0.1, 0.15) is 44.7 Å². The third kappa shape index (κ3) is 10.2. The molecule has 0 aliphatic heterocycles. The average Bonchev–Trinajstić information content (AvgIpc) is 2.98. The van der Waals surface area contributed by atoms with Crippen LogP contribution < -0.4 is 0 Å². The lowest BCUT2D eigenvalue weighted by atomic mass is 9.92. The van der Waals surface area contributed by atoms with Crippen LogP contribution in [0.25, 0.3) is 0 Å². The Labute approximate surface area is 242 Å². The zero-order chi connectivity index (χ0) is 30.5. The third-order valence-corrected chi connectivity index (χ3v) is 6.54. The number of rotatable bonds is 12. The van der Waals surface area contributed by atoms with Gasteiger partial charge in [-0.2, -0.15) is 0 Å². The van der Waals surface area contributed by atoms with E-state index in [-0.39, 0.29) is 24.4 Å². The zero-order valence-corrected chi connectivity index (χ0v) is 22.7. The number of carbonyl (C=O) groups is 4. The summed E-state index contributed by atoms with van der Waals surface area (Å²) >= 11 is 0. The maximum Gasteiger partial charge on any atom is 0.307 e. The van der Waals surface area contributed by atoms with Crippen molar-refractivity contribution < 1.29 is 38.2 Å². The molecule has 0 spiro atoms. The number of benzene rings is 4. The van der Waals surface area contributed by atoms with E-state index in [2.05, 4.69) is 0 Å². The molecule has 0 aliphatic rings. The van der Waals surface area contributed by atoms with Crippen LogP contribution >= 0.6 is 0 Å². The largest absolute Gasteiger partial charge is 0.481 e. The third-order valence-electron chi connectivity index (χ3n) is 6.54. The van der Waals surface area contributed by atoms with E-state index in [9.17, 15) is 38.2 Å². The van der Waals surface area contributed by atoms with Gasteiger partial charge in [0.15, 0.2) is 11.6 Å². The Morgan fingerprint density at radius 1 is 0.500 bits per heavy atom. The molecule has 8 heteroatoms. The molecule has 4 aromatic rings. The van der Waals surface area contributed by atoms with Gasteiger partial charge < -0.3 is 10.2 Å². The predicted octanol–water partition coefficient (Wildman–Crippen LogP) is 6.68. The molecule has 0 amide bonds. The highest BCUT2D eigenvalue weighted by molar-refractivity contribution is 5.98. The van der Waals surface area contributed by atoms with Gasteiger partial charge in [-0.1, -0.05) is 60.7 Å². The summed E-state index contributed by atoms with van der Waals surface area (Å²) in [6, 6.07) is 28.6. The summed E-state index contributed by atoms with van der Waals surface area (Å²) < 4.78 is 25.6. The summed E-state index contributed by atoms with van der Waals surface area (Å²) in [4.78, 5) is 46.8. The molecule has 2 atom stereocenters. The van der Waals surface area contributed by atoms with Gasteiger partial charge in [0.05, 0.1) is 11.8 Å². The van der Waals surface area contributed by atoms with Crippen molar-refractivity contribution in [1.29, 1.82) is 0 Å². The van der Waals surface area contributed by atoms with E-state index in [1.807, 2.05) is 60.7 Å². The number of carboxylic acids is 2. The number of halogens is 2. The van der Waals surface area contributed by atoms with E-state index in [0.29, 0.717) is 24.0 Å². The van der Waals surface area contributed by atoms with Crippen molar-refractivity contribution in [3.63, 3.8) is 0 Å². The zero-order valence-electron chi connectivity index (χ0n) is 22.7. The number of ketones is 2. The molecule has 0 aliphatic carbocycles. The van der Waals surface area contributed by atoms with Gasteiger partial charge in [0.1, 0.15) is 11.6 Å².